The summed E-state index contributed by atoms with van der Waals surface area (Å²) in [4.78, 5) is 28.7. The molecule has 1 amide bonds. The molecule has 0 saturated heterocycles. The molecule has 0 spiro atoms. The van der Waals surface area contributed by atoms with Crippen molar-refractivity contribution >= 4 is 35.5 Å². The Balaban J connectivity index is 1.60. The highest BCUT2D eigenvalue weighted by molar-refractivity contribution is 5.96. The summed E-state index contributed by atoms with van der Waals surface area (Å²) in [6, 6.07) is 17.2. The summed E-state index contributed by atoms with van der Waals surface area (Å²) in [7, 11) is 0. The molecule has 0 saturated carbocycles. The van der Waals surface area contributed by atoms with Crippen LogP contribution in [0.2, 0.25) is 0 Å². The van der Waals surface area contributed by atoms with Gasteiger partial charge in [-0.05, 0) is 48.4 Å². The number of anilines is 2. The van der Waals surface area contributed by atoms with Gasteiger partial charge in [0.2, 0.25) is 6.41 Å². The number of aliphatic hydroxyl groups excluding tert-OH is 1. The van der Waals surface area contributed by atoms with Crippen LogP contribution in [0.15, 0.2) is 108 Å². The second kappa shape index (κ2) is 10.8. The first-order valence-corrected chi connectivity index (χ1v) is 10.7. The molecule has 0 fully saturated rings. The van der Waals surface area contributed by atoms with E-state index in [9.17, 15) is 19.8 Å². The van der Waals surface area contributed by atoms with Crippen LogP contribution in [0.3, 0.4) is 0 Å². The van der Waals surface area contributed by atoms with Gasteiger partial charge in [-0.15, -0.1) is 0 Å². The summed E-state index contributed by atoms with van der Waals surface area (Å²) in [5.74, 6) is -1.07. The summed E-state index contributed by atoms with van der Waals surface area (Å²) < 4.78 is 0. The van der Waals surface area contributed by atoms with Crippen molar-refractivity contribution in [3.8, 4) is 0 Å². The second-order valence-electron chi connectivity index (χ2n) is 7.54. The lowest BCUT2D eigenvalue weighted by atomic mass is 9.99. The number of hydrogen-bond acceptors (Lipinski definition) is 6. The number of rotatable bonds is 8. The third-order valence-electron chi connectivity index (χ3n) is 5.33. The molecule has 174 valence electrons. The van der Waals surface area contributed by atoms with Gasteiger partial charge in [0.05, 0.1) is 35.0 Å². The molecule has 0 bridgehead atoms. The molecule has 4 rings (SSSR count). The van der Waals surface area contributed by atoms with E-state index in [1.54, 1.807) is 61.1 Å². The molecule has 1 aromatic heterocycles. The summed E-state index contributed by atoms with van der Waals surface area (Å²) >= 11 is 0. The predicted molar refractivity (Wildman–Crippen MR) is 134 cm³/mol. The van der Waals surface area contributed by atoms with E-state index in [4.69, 9.17) is 0 Å². The van der Waals surface area contributed by atoms with Gasteiger partial charge in [-0.1, -0.05) is 42.5 Å². The molecule has 0 aliphatic heterocycles. The number of allylic oxidation sites excluding steroid dienone is 4. The number of benzene rings is 2. The number of carboxylic acids is 1. The molecule has 1 aliphatic rings. The van der Waals surface area contributed by atoms with Gasteiger partial charge in [0, 0.05) is 17.3 Å². The summed E-state index contributed by atoms with van der Waals surface area (Å²) in [6.07, 6.45) is 11.2. The lowest BCUT2D eigenvalue weighted by Crippen LogP contribution is -2.16. The Hall–Kier alpha value is -4.98. The van der Waals surface area contributed by atoms with E-state index in [0.717, 1.165) is 0 Å². The molecule has 8 heteroatoms. The zero-order chi connectivity index (χ0) is 24.6. The average Bonchev–Trinajstić information content (AvgIpc) is 3.07. The SMILES string of the molecule is O=CN(c1cccnc1)c1ccccc1/C=N/NC1=CC=CCC(c2cccc(C(=O)O)c2)=C1O. The number of carbonyl (C=O) groups excluding carboxylic acids is 1. The summed E-state index contributed by atoms with van der Waals surface area (Å²) in [5.41, 5.74) is 6.41. The molecular formula is C27H22N4O4. The minimum absolute atomic E-state index is 0.0344. The van der Waals surface area contributed by atoms with Crippen molar-refractivity contribution in [3.63, 3.8) is 0 Å². The number of carboxylic acid groups (broad SMARTS) is 1. The van der Waals surface area contributed by atoms with Crippen molar-refractivity contribution in [3.05, 3.63) is 119 Å². The van der Waals surface area contributed by atoms with Gasteiger partial charge >= 0.3 is 5.97 Å². The number of amides is 1. The molecule has 2 aromatic carbocycles. The molecule has 0 radical (unpaired) electrons. The summed E-state index contributed by atoms with van der Waals surface area (Å²) in [5, 5.41) is 24.5. The van der Waals surface area contributed by atoms with Gasteiger partial charge in [-0.3, -0.25) is 20.1 Å². The molecule has 1 aliphatic carbocycles. The fourth-order valence-corrected chi connectivity index (χ4v) is 3.61. The van der Waals surface area contributed by atoms with Crippen LogP contribution in [0.25, 0.3) is 5.57 Å². The number of nitrogens with one attached hydrogen (secondary N) is 1. The molecule has 3 N–H and O–H groups in total. The van der Waals surface area contributed by atoms with Gasteiger partial charge in [0.1, 0.15) is 5.76 Å². The van der Waals surface area contributed by atoms with Gasteiger partial charge in [-0.2, -0.15) is 5.10 Å². The van der Waals surface area contributed by atoms with Crippen LogP contribution in [-0.4, -0.2) is 33.8 Å². The van der Waals surface area contributed by atoms with Gasteiger partial charge in [-0.25, -0.2) is 4.79 Å². The van der Waals surface area contributed by atoms with Gasteiger partial charge in [0.25, 0.3) is 0 Å². The molecular weight excluding hydrogens is 444 g/mol. The van der Waals surface area contributed by atoms with Crippen molar-refractivity contribution < 1.29 is 19.8 Å². The van der Waals surface area contributed by atoms with Crippen molar-refractivity contribution in [2.45, 2.75) is 6.42 Å². The van der Waals surface area contributed by atoms with Crippen LogP contribution in [0, 0.1) is 0 Å². The Morgan fingerprint density at radius 2 is 1.97 bits per heavy atom. The monoisotopic (exact) mass is 466 g/mol. The minimum atomic E-state index is -1.04. The third kappa shape index (κ3) is 5.33. The molecule has 35 heavy (non-hydrogen) atoms. The number of aromatic nitrogens is 1. The van der Waals surface area contributed by atoms with Crippen LogP contribution in [0.1, 0.15) is 27.9 Å². The van der Waals surface area contributed by atoms with Crippen LogP contribution in [0.4, 0.5) is 11.4 Å². The topological polar surface area (TPSA) is 115 Å². The zero-order valence-corrected chi connectivity index (χ0v) is 18.6. The van der Waals surface area contributed by atoms with Crippen molar-refractivity contribution in [1.82, 2.24) is 10.4 Å². The molecule has 3 aromatic rings. The van der Waals surface area contributed by atoms with E-state index in [1.807, 2.05) is 24.3 Å². The highest BCUT2D eigenvalue weighted by Gasteiger charge is 2.16. The number of hydrazone groups is 1. The standard InChI is InChI=1S/C27H22N4O4/c32-18-31(22-10-6-14-28-17-22)25-13-4-1-7-21(25)16-29-30-24-12-3-2-11-23(26(24)33)19-8-5-9-20(15-19)27(34)35/h1-10,12-18,30,33H,11H2,(H,34,35)/b29-16+. The van der Waals surface area contributed by atoms with Crippen molar-refractivity contribution in [1.29, 1.82) is 0 Å². The number of hydrogen-bond donors (Lipinski definition) is 3. The highest BCUT2D eigenvalue weighted by atomic mass is 16.4. The molecule has 0 unspecified atom stereocenters. The second-order valence-corrected chi connectivity index (χ2v) is 7.54. The Labute approximate surface area is 201 Å². The Bertz CT molecular complexity index is 1360. The zero-order valence-electron chi connectivity index (χ0n) is 18.6. The molecule has 0 atom stereocenters. The van der Waals surface area contributed by atoms with E-state index < -0.39 is 5.97 Å². The predicted octanol–water partition coefficient (Wildman–Crippen LogP) is 4.81. The normalized spacial score (nSPS) is 13.3. The number of nitrogens with zero attached hydrogens (tertiary/aromatic N) is 3. The van der Waals surface area contributed by atoms with Crippen LogP contribution < -0.4 is 10.3 Å². The van der Waals surface area contributed by atoms with Crippen LogP contribution >= 0.6 is 0 Å². The lowest BCUT2D eigenvalue weighted by Gasteiger charge is -2.19. The number of aliphatic hydroxyl groups is 1. The highest BCUT2D eigenvalue weighted by Crippen LogP contribution is 2.28. The van der Waals surface area contributed by atoms with E-state index in [2.05, 4.69) is 15.5 Å². The fourth-order valence-electron chi connectivity index (χ4n) is 3.61. The van der Waals surface area contributed by atoms with Crippen LogP contribution in [0.5, 0.6) is 0 Å². The largest absolute Gasteiger partial charge is 0.505 e. The first kappa shape index (κ1) is 23.2. The fraction of sp³-hybridized carbons (Fsp3) is 0.0370. The third-order valence-corrected chi connectivity index (χ3v) is 5.33. The Kier molecular flexibility index (Phi) is 7.13. The van der Waals surface area contributed by atoms with E-state index in [0.29, 0.717) is 46.6 Å². The van der Waals surface area contributed by atoms with Gasteiger partial charge in [0.15, 0.2) is 0 Å². The maximum Gasteiger partial charge on any atom is 0.335 e. The number of aromatic carboxylic acids is 1. The maximum absolute atomic E-state index is 11.8. The van der Waals surface area contributed by atoms with Gasteiger partial charge < -0.3 is 10.2 Å². The first-order valence-electron chi connectivity index (χ1n) is 10.7. The molecule has 1 heterocycles. The van der Waals surface area contributed by atoms with Crippen LogP contribution in [-0.2, 0) is 4.79 Å². The average molecular weight is 466 g/mol. The Morgan fingerprint density at radius 3 is 2.74 bits per heavy atom. The summed E-state index contributed by atoms with van der Waals surface area (Å²) in [6.45, 7) is 0. The van der Waals surface area contributed by atoms with E-state index in [-0.39, 0.29) is 11.3 Å². The number of pyridine rings is 1. The first-order chi connectivity index (χ1) is 17.1. The number of para-hydroxylation sites is 1. The number of carbonyl (C=O) groups is 2. The molecule has 8 nitrogen and oxygen atoms in total. The van der Waals surface area contributed by atoms with E-state index >= 15 is 0 Å². The smallest absolute Gasteiger partial charge is 0.335 e. The lowest BCUT2D eigenvalue weighted by molar-refractivity contribution is -0.106. The maximum atomic E-state index is 11.8. The van der Waals surface area contributed by atoms with E-state index in [1.165, 1.54) is 17.0 Å². The van der Waals surface area contributed by atoms with Crippen molar-refractivity contribution in [2.75, 3.05) is 4.90 Å². The van der Waals surface area contributed by atoms with Crippen molar-refractivity contribution in [2.24, 2.45) is 5.10 Å². The Morgan fingerprint density at radius 1 is 1.11 bits per heavy atom. The minimum Gasteiger partial charge on any atom is -0.505 e. The quantitative estimate of drug-likeness (QED) is 0.249.